The lowest BCUT2D eigenvalue weighted by molar-refractivity contribution is -0.123. The van der Waals surface area contributed by atoms with Crippen molar-refractivity contribution >= 4 is 33.4 Å². The highest BCUT2D eigenvalue weighted by Gasteiger charge is 2.14. The van der Waals surface area contributed by atoms with E-state index in [-0.39, 0.29) is 18.6 Å². The van der Waals surface area contributed by atoms with Crippen molar-refractivity contribution in [3.05, 3.63) is 33.5 Å². The normalized spacial score (nSPS) is 11.9. The van der Waals surface area contributed by atoms with Crippen LogP contribution in [0.5, 0.6) is 5.75 Å². The Kier molecular flexibility index (Phi) is 4.91. The number of carbonyl (C=O) groups is 1. The van der Waals surface area contributed by atoms with Gasteiger partial charge in [-0.1, -0.05) is 16.8 Å². The van der Waals surface area contributed by atoms with Gasteiger partial charge >= 0.3 is 0 Å². The van der Waals surface area contributed by atoms with Gasteiger partial charge in [0.25, 0.3) is 5.91 Å². The quantitative estimate of drug-likeness (QED) is 0.849. The van der Waals surface area contributed by atoms with Crippen LogP contribution < -0.4 is 10.1 Å². The number of aromatic nitrogens is 4. The molecule has 2 rings (SSSR count). The average Bonchev–Trinajstić information content (AvgIpc) is 2.91. The summed E-state index contributed by atoms with van der Waals surface area (Å²) in [5, 5.41) is 16.6. The van der Waals surface area contributed by atoms with Gasteiger partial charge < -0.3 is 10.1 Å². The Labute approximate surface area is 128 Å². The molecule has 0 fully saturated rings. The third-order valence-electron chi connectivity index (χ3n) is 2.38. The second-order valence-corrected chi connectivity index (χ2v) is 5.21. The minimum absolute atomic E-state index is 0.123. The van der Waals surface area contributed by atoms with Gasteiger partial charge in [-0.2, -0.15) is 5.21 Å². The van der Waals surface area contributed by atoms with Crippen LogP contribution in [0.1, 0.15) is 18.8 Å². The average molecular weight is 361 g/mol. The number of amides is 1. The lowest BCUT2D eigenvalue weighted by atomic mass is 10.3. The van der Waals surface area contributed by atoms with Crippen LogP contribution in [-0.4, -0.2) is 33.1 Å². The predicted molar refractivity (Wildman–Crippen MR) is 75.4 cm³/mol. The zero-order valence-electron chi connectivity index (χ0n) is 10.4. The van der Waals surface area contributed by atoms with Gasteiger partial charge in [-0.05, 0) is 41.1 Å². The standard InChI is InChI=1S/C11H11BrClN5O2/c1-6(11-15-17-18-16-11)14-10(19)5-20-9-3-2-7(13)4-8(9)12/h2-4,6H,5H2,1H3,(H,14,19)(H,15,16,17,18). The molecule has 1 heterocycles. The Balaban J connectivity index is 1.86. The molecule has 0 bridgehead atoms. The highest BCUT2D eigenvalue weighted by atomic mass is 79.9. The van der Waals surface area contributed by atoms with Crippen molar-refractivity contribution in [2.45, 2.75) is 13.0 Å². The molecule has 0 aliphatic carbocycles. The second-order valence-electron chi connectivity index (χ2n) is 3.92. The molecule has 1 amide bonds. The van der Waals surface area contributed by atoms with Gasteiger partial charge in [-0.3, -0.25) is 4.79 Å². The van der Waals surface area contributed by atoms with Crippen molar-refractivity contribution in [3.63, 3.8) is 0 Å². The summed E-state index contributed by atoms with van der Waals surface area (Å²) in [6.07, 6.45) is 0. The first-order valence-electron chi connectivity index (χ1n) is 5.67. The Hall–Kier alpha value is -1.67. The maximum Gasteiger partial charge on any atom is 0.258 e. The summed E-state index contributed by atoms with van der Waals surface area (Å²) in [6, 6.07) is 4.71. The Bertz CT molecular complexity index is 593. The summed E-state index contributed by atoms with van der Waals surface area (Å²) in [6.45, 7) is 1.63. The Morgan fingerprint density at radius 2 is 2.40 bits per heavy atom. The van der Waals surface area contributed by atoms with Crippen LogP contribution in [0.2, 0.25) is 5.02 Å². The summed E-state index contributed by atoms with van der Waals surface area (Å²) < 4.78 is 6.07. The van der Waals surface area contributed by atoms with Crippen LogP contribution in [0.25, 0.3) is 0 Å². The highest BCUT2D eigenvalue weighted by molar-refractivity contribution is 9.10. The van der Waals surface area contributed by atoms with E-state index in [1.807, 2.05) is 0 Å². The minimum Gasteiger partial charge on any atom is -0.483 e. The molecule has 1 atom stereocenters. The molecule has 106 valence electrons. The fraction of sp³-hybridized carbons (Fsp3) is 0.273. The molecule has 9 heteroatoms. The maximum absolute atomic E-state index is 11.7. The van der Waals surface area contributed by atoms with E-state index in [4.69, 9.17) is 16.3 Å². The molecular weight excluding hydrogens is 350 g/mol. The third kappa shape index (κ3) is 3.91. The van der Waals surface area contributed by atoms with Gasteiger partial charge in [0, 0.05) is 5.02 Å². The van der Waals surface area contributed by atoms with Crippen LogP contribution in [0.3, 0.4) is 0 Å². The number of benzene rings is 1. The monoisotopic (exact) mass is 359 g/mol. The Morgan fingerprint density at radius 3 is 3.05 bits per heavy atom. The van der Waals surface area contributed by atoms with Crippen LogP contribution in [0.15, 0.2) is 22.7 Å². The van der Waals surface area contributed by atoms with Gasteiger partial charge in [0.2, 0.25) is 0 Å². The zero-order valence-corrected chi connectivity index (χ0v) is 12.8. The molecular formula is C11H11BrClN5O2. The van der Waals surface area contributed by atoms with E-state index in [0.717, 1.165) is 0 Å². The van der Waals surface area contributed by atoms with Gasteiger partial charge in [0.15, 0.2) is 12.4 Å². The summed E-state index contributed by atoms with van der Waals surface area (Å²) in [5.74, 6) is 0.659. The number of carbonyl (C=O) groups excluding carboxylic acids is 1. The van der Waals surface area contributed by atoms with E-state index < -0.39 is 0 Å². The smallest absolute Gasteiger partial charge is 0.258 e. The third-order valence-corrected chi connectivity index (χ3v) is 3.23. The summed E-state index contributed by atoms with van der Waals surface area (Å²) >= 11 is 9.12. The molecule has 1 aromatic heterocycles. The first-order valence-corrected chi connectivity index (χ1v) is 6.84. The zero-order chi connectivity index (χ0) is 14.5. The largest absolute Gasteiger partial charge is 0.483 e. The number of aromatic amines is 1. The molecule has 7 nitrogen and oxygen atoms in total. The molecule has 0 saturated carbocycles. The number of H-pyrrole nitrogens is 1. The number of nitrogens with zero attached hydrogens (tertiary/aromatic N) is 3. The van der Waals surface area contributed by atoms with Crippen LogP contribution in [0.4, 0.5) is 0 Å². The van der Waals surface area contributed by atoms with Gasteiger partial charge in [0.05, 0.1) is 10.5 Å². The second kappa shape index (κ2) is 6.67. The Morgan fingerprint density at radius 1 is 1.60 bits per heavy atom. The highest BCUT2D eigenvalue weighted by Crippen LogP contribution is 2.27. The SMILES string of the molecule is CC(NC(=O)COc1ccc(Cl)cc1Br)c1nn[nH]n1. The molecule has 20 heavy (non-hydrogen) atoms. The van der Waals surface area contributed by atoms with Crippen LogP contribution in [-0.2, 0) is 4.79 Å². The number of tetrazole rings is 1. The molecule has 2 aromatic rings. The van der Waals surface area contributed by atoms with Crippen molar-refractivity contribution in [1.29, 1.82) is 0 Å². The molecule has 0 saturated heterocycles. The van der Waals surface area contributed by atoms with Crippen molar-refractivity contribution in [2.24, 2.45) is 0 Å². The van der Waals surface area contributed by atoms with E-state index in [1.54, 1.807) is 25.1 Å². The van der Waals surface area contributed by atoms with E-state index in [0.29, 0.717) is 21.1 Å². The van der Waals surface area contributed by atoms with E-state index in [1.165, 1.54) is 0 Å². The first kappa shape index (κ1) is 14.7. The van der Waals surface area contributed by atoms with Gasteiger partial charge in [-0.25, -0.2) is 0 Å². The summed E-state index contributed by atoms with van der Waals surface area (Å²) in [5.41, 5.74) is 0. The molecule has 1 aromatic carbocycles. The molecule has 0 aliphatic heterocycles. The van der Waals surface area contributed by atoms with Crippen molar-refractivity contribution < 1.29 is 9.53 Å². The molecule has 0 aliphatic rings. The minimum atomic E-state index is -0.349. The summed E-state index contributed by atoms with van der Waals surface area (Å²) in [7, 11) is 0. The fourth-order valence-electron chi connectivity index (χ4n) is 1.44. The molecule has 0 radical (unpaired) electrons. The van der Waals surface area contributed by atoms with E-state index in [9.17, 15) is 4.79 Å². The number of nitrogens with one attached hydrogen (secondary N) is 2. The summed E-state index contributed by atoms with van der Waals surface area (Å²) in [4.78, 5) is 11.7. The van der Waals surface area contributed by atoms with Gasteiger partial charge in [0.1, 0.15) is 5.75 Å². The lowest BCUT2D eigenvalue weighted by Crippen LogP contribution is -2.31. The molecule has 2 N–H and O–H groups in total. The predicted octanol–water partition coefficient (Wildman–Crippen LogP) is 1.87. The molecule has 1 unspecified atom stereocenters. The number of halogens is 2. The topological polar surface area (TPSA) is 92.8 Å². The fourth-order valence-corrected chi connectivity index (χ4v) is 2.23. The maximum atomic E-state index is 11.7. The number of ether oxygens (including phenoxy) is 1. The lowest BCUT2D eigenvalue weighted by Gasteiger charge is -2.11. The number of hydrogen-bond acceptors (Lipinski definition) is 5. The van der Waals surface area contributed by atoms with Crippen LogP contribution in [0, 0.1) is 0 Å². The van der Waals surface area contributed by atoms with E-state index >= 15 is 0 Å². The van der Waals surface area contributed by atoms with E-state index in [2.05, 4.69) is 41.9 Å². The van der Waals surface area contributed by atoms with Gasteiger partial charge in [-0.15, -0.1) is 10.2 Å². The van der Waals surface area contributed by atoms with Crippen molar-refractivity contribution in [2.75, 3.05) is 6.61 Å². The first-order chi connectivity index (χ1) is 9.56. The van der Waals surface area contributed by atoms with Crippen LogP contribution >= 0.6 is 27.5 Å². The number of rotatable bonds is 5. The molecule has 0 spiro atoms. The van der Waals surface area contributed by atoms with Crippen molar-refractivity contribution in [3.8, 4) is 5.75 Å². The van der Waals surface area contributed by atoms with Crippen molar-refractivity contribution in [1.82, 2.24) is 25.9 Å². The number of hydrogen-bond donors (Lipinski definition) is 2.